The lowest BCUT2D eigenvalue weighted by molar-refractivity contribution is -0.115. The molecule has 0 spiro atoms. The monoisotopic (exact) mass is 331 g/mol. The highest BCUT2D eigenvalue weighted by Crippen LogP contribution is 2.08. The number of hydrogen-bond donors (Lipinski definition) is 2. The van der Waals surface area contributed by atoms with E-state index in [0.29, 0.717) is 11.4 Å². The highest BCUT2D eigenvalue weighted by molar-refractivity contribution is 6.06. The highest BCUT2D eigenvalue weighted by Gasteiger charge is 2.08. The summed E-state index contributed by atoms with van der Waals surface area (Å²) in [6.07, 6.45) is -0.0548. The molecule has 2 rings (SSSR count). The van der Waals surface area contributed by atoms with E-state index in [1.807, 2.05) is 0 Å². The van der Waals surface area contributed by atoms with Crippen LogP contribution in [-0.2, 0) is 4.79 Å². The summed E-state index contributed by atoms with van der Waals surface area (Å²) in [7, 11) is 0. The molecule has 0 unspecified atom stereocenters. The van der Waals surface area contributed by atoms with Gasteiger partial charge in [-0.1, -0.05) is 6.07 Å². The van der Waals surface area contributed by atoms with E-state index >= 15 is 0 Å². The van der Waals surface area contributed by atoms with Gasteiger partial charge in [0.1, 0.15) is 11.6 Å². The molecule has 5 nitrogen and oxygen atoms in total. The standard InChI is InChI=1S/C17H15F2N3O2/c1-11(9-16(23)20-15-7-5-13(18)6-8-15)21-22-17(24)12-3-2-4-14(19)10-12/h2-8,10H,9H2,1H3,(H,20,23)(H,22,24)/b21-11-. The highest BCUT2D eigenvalue weighted by atomic mass is 19.1. The summed E-state index contributed by atoms with van der Waals surface area (Å²) in [5.41, 5.74) is 3.20. The van der Waals surface area contributed by atoms with E-state index in [2.05, 4.69) is 15.8 Å². The summed E-state index contributed by atoms with van der Waals surface area (Å²) in [5, 5.41) is 6.38. The first-order valence-electron chi connectivity index (χ1n) is 7.08. The van der Waals surface area contributed by atoms with Crippen LogP contribution in [-0.4, -0.2) is 17.5 Å². The average molecular weight is 331 g/mol. The van der Waals surface area contributed by atoms with Crippen LogP contribution in [0.4, 0.5) is 14.5 Å². The fourth-order valence-corrected chi connectivity index (χ4v) is 1.85. The molecule has 7 heteroatoms. The summed E-state index contributed by atoms with van der Waals surface area (Å²) in [5.74, 6) is -1.86. The lowest BCUT2D eigenvalue weighted by Crippen LogP contribution is -2.21. The van der Waals surface area contributed by atoms with E-state index in [9.17, 15) is 18.4 Å². The molecule has 2 aromatic carbocycles. The number of benzene rings is 2. The minimum Gasteiger partial charge on any atom is -0.326 e. The van der Waals surface area contributed by atoms with Crippen molar-refractivity contribution in [2.24, 2.45) is 5.10 Å². The van der Waals surface area contributed by atoms with Gasteiger partial charge in [-0.3, -0.25) is 9.59 Å². The third-order valence-corrected chi connectivity index (χ3v) is 2.98. The van der Waals surface area contributed by atoms with Crippen LogP contribution in [0.15, 0.2) is 53.6 Å². The lowest BCUT2D eigenvalue weighted by atomic mass is 10.2. The Morgan fingerprint density at radius 3 is 2.42 bits per heavy atom. The number of rotatable bonds is 5. The van der Waals surface area contributed by atoms with Crippen molar-refractivity contribution in [3.63, 3.8) is 0 Å². The number of hydrogen-bond acceptors (Lipinski definition) is 3. The Balaban J connectivity index is 1.87. The molecule has 0 atom stereocenters. The molecule has 0 aromatic heterocycles. The summed E-state index contributed by atoms with van der Waals surface area (Å²) < 4.78 is 25.8. The third-order valence-electron chi connectivity index (χ3n) is 2.98. The van der Waals surface area contributed by atoms with Gasteiger partial charge in [0.2, 0.25) is 5.91 Å². The van der Waals surface area contributed by atoms with Crippen molar-refractivity contribution in [1.82, 2.24) is 5.43 Å². The maximum atomic E-state index is 13.0. The topological polar surface area (TPSA) is 70.6 Å². The van der Waals surface area contributed by atoms with Crippen molar-refractivity contribution in [1.29, 1.82) is 0 Å². The first-order chi connectivity index (χ1) is 11.4. The lowest BCUT2D eigenvalue weighted by Gasteiger charge is -2.05. The van der Waals surface area contributed by atoms with E-state index in [1.165, 1.54) is 42.5 Å². The van der Waals surface area contributed by atoms with Crippen LogP contribution in [0.2, 0.25) is 0 Å². The summed E-state index contributed by atoms with van der Waals surface area (Å²) in [6.45, 7) is 1.57. The van der Waals surface area contributed by atoms with Crippen molar-refractivity contribution < 1.29 is 18.4 Å². The zero-order valence-corrected chi connectivity index (χ0v) is 12.8. The van der Waals surface area contributed by atoms with Gasteiger partial charge in [0.15, 0.2) is 0 Å². The quantitative estimate of drug-likeness (QED) is 0.653. The van der Waals surface area contributed by atoms with Crippen molar-refractivity contribution >= 4 is 23.2 Å². The maximum absolute atomic E-state index is 13.0. The number of nitrogens with one attached hydrogen (secondary N) is 2. The van der Waals surface area contributed by atoms with Gasteiger partial charge < -0.3 is 5.32 Å². The predicted octanol–water partition coefficient (Wildman–Crippen LogP) is 3.10. The number of nitrogens with zero attached hydrogens (tertiary/aromatic N) is 1. The molecule has 0 aliphatic carbocycles. The van der Waals surface area contributed by atoms with Gasteiger partial charge in [0.05, 0.1) is 6.42 Å². The normalized spacial score (nSPS) is 11.0. The number of hydrazone groups is 1. The molecule has 124 valence electrons. The zero-order valence-electron chi connectivity index (χ0n) is 12.8. The molecule has 0 saturated heterocycles. The minimum atomic E-state index is -0.576. The zero-order chi connectivity index (χ0) is 17.5. The SMILES string of the molecule is C/C(CC(=O)Nc1ccc(F)cc1)=N/NC(=O)c1cccc(F)c1. The number of carbonyl (C=O) groups is 2. The predicted molar refractivity (Wildman–Crippen MR) is 86.6 cm³/mol. The fraction of sp³-hybridized carbons (Fsp3) is 0.118. The molecule has 2 aromatic rings. The summed E-state index contributed by atoms with van der Waals surface area (Å²) >= 11 is 0. The van der Waals surface area contributed by atoms with Crippen LogP contribution >= 0.6 is 0 Å². The summed E-state index contributed by atoms with van der Waals surface area (Å²) in [4.78, 5) is 23.6. The molecule has 24 heavy (non-hydrogen) atoms. The van der Waals surface area contributed by atoms with Gasteiger partial charge in [-0.05, 0) is 49.4 Å². The van der Waals surface area contributed by atoms with Gasteiger partial charge in [-0.2, -0.15) is 5.10 Å². The second-order valence-corrected chi connectivity index (χ2v) is 5.03. The van der Waals surface area contributed by atoms with Crippen molar-refractivity contribution in [2.45, 2.75) is 13.3 Å². The smallest absolute Gasteiger partial charge is 0.271 e. The Hall–Kier alpha value is -3.09. The maximum Gasteiger partial charge on any atom is 0.271 e. The Kier molecular flexibility index (Phi) is 5.73. The molecule has 0 aliphatic heterocycles. The van der Waals surface area contributed by atoms with Gasteiger partial charge in [0.25, 0.3) is 5.91 Å². The molecular weight excluding hydrogens is 316 g/mol. The largest absolute Gasteiger partial charge is 0.326 e. The molecule has 0 fully saturated rings. The van der Waals surface area contributed by atoms with Crippen LogP contribution in [0.5, 0.6) is 0 Å². The van der Waals surface area contributed by atoms with E-state index in [1.54, 1.807) is 6.92 Å². The number of amides is 2. The van der Waals surface area contributed by atoms with Crippen LogP contribution < -0.4 is 10.7 Å². The fourth-order valence-electron chi connectivity index (χ4n) is 1.85. The Labute approximate surface area is 137 Å². The van der Waals surface area contributed by atoms with E-state index < -0.39 is 17.5 Å². The second kappa shape index (κ2) is 7.96. The molecule has 2 amide bonds. The van der Waals surface area contributed by atoms with Crippen molar-refractivity contribution in [2.75, 3.05) is 5.32 Å². The number of carbonyl (C=O) groups excluding carboxylic acids is 2. The Morgan fingerprint density at radius 2 is 1.75 bits per heavy atom. The van der Waals surface area contributed by atoms with Crippen LogP contribution in [0.1, 0.15) is 23.7 Å². The summed E-state index contributed by atoms with van der Waals surface area (Å²) in [6, 6.07) is 10.5. The second-order valence-electron chi connectivity index (χ2n) is 5.03. The number of halogens is 2. The van der Waals surface area contributed by atoms with Gasteiger partial charge in [0, 0.05) is 17.0 Å². The van der Waals surface area contributed by atoms with E-state index in [4.69, 9.17) is 0 Å². The number of anilines is 1. The minimum absolute atomic E-state index is 0.0548. The molecule has 2 N–H and O–H groups in total. The first kappa shape index (κ1) is 17.3. The molecule has 0 radical (unpaired) electrons. The van der Waals surface area contributed by atoms with Gasteiger partial charge in [-0.25, -0.2) is 14.2 Å². The van der Waals surface area contributed by atoms with Crippen LogP contribution in [0, 0.1) is 11.6 Å². The van der Waals surface area contributed by atoms with Crippen molar-refractivity contribution in [3.8, 4) is 0 Å². The molecular formula is C17H15F2N3O2. The molecule has 0 bridgehead atoms. The molecule has 0 heterocycles. The average Bonchev–Trinajstić information content (AvgIpc) is 2.54. The van der Waals surface area contributed by atoms with Crippen molar-refractivity contribution in [3.05, 3.63) is 65.7 Å². The van der Waals surface area contributed by atoms with Crippen LogP contribution in [0.3, 0.4) is 0 Å². The Bertz CT molecular complexity index is 774. The van der Waals surface area contributed by atoms with Gasteiger partial charge >= 0.3 is 0 Å². The van der Waals surface area contributed by atoms with Gasteiger partial charge in [-0.15, -0.1) is 0 Å². The molecule has 0 aliphatic rings. The van der Waals surface area contributed by atoms with Crippen LogP contribution in [0.25, 0.3) is 0 Å². The van der Waals surface area contributed by atoms with E-state index in [0.717, 1.165) is 6.07 Å². The van der Waals surface area contributed by atoms with E-state index in [-0.39, 0.29) is 17.9 Å². The first-order valence-corrected chi connectivity index (χ1v) is 7.08. The molecule has 0 saturated carbocycles. The Morgan fingerprint density at radius 1 is 1.04 bits per heavy atom. The third kappa shape index (κ3) is 5.28.